The molecule has 0 saturated heterocycles. The van der Waals surface area contributed by atoms with Crippen molar-refractivity contribution in [3.8, 4) is 0 Å². The highest BCUT2D eigenvalue weighted by Crippen LogP contribution is 2.10. The van der Waals surface area contributed by atoms with Gasteiger partial charge in [0.05, 0.1) is 0 Å². The van der Waals surface area contributed by atoms with Gasteiger partial charge in [0.1, 0.15) is 6.29 Å². The van der Waals surface area contributed by atoms with Crippen molar-refractivity contribution in [2.75, 3.05) is 0 Å². The first-order valence-electron chi connectivity index (χ1n) is 5.68. The third kappa shape index (κ3) is 7.98. The van der Waals surface area contributed by atoms with Gasteiger partial charge in [-0.05, 0) is 45.1 Å². The van der Waals surface area contributed by atoms with E-state index in [9.17, 15) is 4.79 Å². The van der Waals surface area contributed by atoms with Crippen LogP contribution in [0.4, 0.5) is 0 Å². The molecule has 0 aromatic heterocycles. The third-order valence-corrected chi connectivity index (χ3v) is 2.44. The molecule has 0 atom stereocenters. The Bertz CT molecular complexity index is 305. The Morgan fingerprint density at radius 3 is 2.31 bits per heavy atom. The summed E-state index contributed by atoms with van der Waals surface area (Å²) in [5.74, 6) is 0. The molecule has 0 unspecified atom stereocenters. The van der Waals surface area contributed by atoms with Crippen molar-refractivity contribution in [2.45, 2.75) is 39.5 Å². The number of carbonyl (C=O) groups is 1. The fourth-order valence-electron chi connectivity index (χ4n) is 1.28. The normalized spacial score (nSPS) is 12.4. The highest BCUT2D eigenvalue weighted by molar-refractivity contribution is 5.71. The molecule has 0 aliphatic heterocycles. The fraction of sp³-hybridized carbons (Fsp3) is 0.400. The monoisotopic (exact) mass is 218 g/mol. The second kappa shape index (κ2) is 8.90. The van der Waals surface area contributed by atoms with Crippen LogP contribution in [0.3, 0.4) is 0 Å². The van der Waals surface area contributed by atoms with Gasteiger partial charge in [0.15, 0.2) is 0 Å². The van der Waals surface area contributed by atoms with E-state index in [1.54, 1.807) is 6.08 Å². The van der Waals surface area contributed by atoms with E-state index in [-0.39, 0.29) is 0 Å². The molecular formula is C15H22O. The first-order chi connectivity index (χ1) is 7.60. The van der Waals surface area contributed by atoms with Gasteiger partial charge >= 0.3 is 0 Å². The van der Waals surface area contributed by atoms with E-state index in [1.165, 1.54) is 5.57 Å². The molecule has 0 spiro atoms. The van der Waals surface area contributed by atoms with Crippen molar-refractivity contribution in [3.05, 3.63) is 48.1 Å². The number of hydrogen-bond donors (Lipinski definition) is 0. The highest BCUT2D eigenvalue weighted by atomic mass is 16.1. The van der Waals surface area contributed by atoms with E-state index in [0.717, 1.165) is 43.1 Å². The maximum absolute atomic E-state index is 10.4. The van der Waals surface area contributed by atoms with E-state index in [4.69, 9.17) is 0 Å². The molecule has 0 heterocycles. The van der Waals surface area contributed by atoms with Crippen LogP contribution in [0.25, 0.3) is 0 Å². The predicted molar refractivity (Wildman–Crippen MR) is 71.4 cm³/mol. The molecule has 0 saturated carbocycles. The van der Waals surface area contributed by atoms with E-state index in [2.05, 4.69) is 26.2 Å². The lowest BCUT2D eigenvalue weighted by atomic mass is 10.1. The summed E-state index contributed by atoms with van der Waals surface area (Å²) in [5, 5.41) is 0. The summed E-state index contributed by atoms with van der Waals surface area (Å²) in [6.07, 6.45) is 10.9. The first-order valence-corrected chi connectivity index (χ1v) is 5.68. The Morgan fingerprint density at radius 1 is 1.12 bits per heavy atom. The van der Waals surface area contributed by atoms with Gasteiger partial charge in [0, 0.05) is 0 Å². The molecule has 1 nitrogen and oxygen atoms in total. The fourth-order valence-corrected chi connectivity index (χ4v) is 1.28. The third-order valence-electron chi connectivity index (χ3n) is 2.44. The minimum absolute atomic E-state index is 0.813. The standard InChI is InChI=1S/C15H22O/c1-5-13(2)8-6-9-14(3)10-7-11-15(4)12-16/h5,9,11-12H,1-2,6-8,10H2,3-4H3. The van der Waals surface area contributed by atoms with Gasteiger partial charge in [-0.3, -0.25) is 4.79 Å². The Kier molecular flexibility index (Phi) is 8.14. The number of hydrogen-bond acceptors (Lipinski definition) is 1. The van der Waals surface area contributed by atoms with Gasteiger partial charge in [-0.25, -0.2) is 0 Å². The van der Waals surface area contributed by atoms with Gasteiger partial charge in [-0.1, -0.05) is 42.5 Å². The van der Waals surface area contributed by atoms with Gasteiger partial charge in [0.25, 0.3) is 0 Å². The summed E-state index contributed by atoms with van der Waals surface area (Å²) < 4.78 is 0. The van der Waals surface area contributed by atoms with Crippen molar-refractivity contribution >= 4 is 6.29 Å². The summed E-state index contributed by atoms with van der Waals surface area (Å²) in [5.41, 5.74) is 3.26. The van der Waals surface area contributed by atoms with Crippen LogP contribution in [0.15, 0.2) is 48.1 Å². The molecule has 0 radical (unpaired) electrons. The molecule has 16 heavy (non-hydrogen) atoms. The molecule has 0 aromatic rings. The highest BCUT2D eigenvalue weighted by Gasteiger charge is 1.91. The summed E-state index contributed by atoms with van der Waals surface area (Å²) in [6.45, 7) is 11.5. The predicted octanol–water partition coefficient (Wildman–Crippen LogP) is 4.38. The molecular weight excluding hydrogens is 196 g/mol. The van der Waals surface area contributed by atoms with Crippen LogP contribution in [0.5, 0.6) is 0 Å². The van der Waals surface area contributed by atoms with Crippen molar-refractivity contribution in [1.82, 2.24) is 0 Å². The first kappa shape index (κ1) is 14.6. The van der Waals surface area contributed by atoms with Gasteiger partial charge in [-0.2, -0.15) is 0 Å². The molecule has 1 heteroatoms. The molecule has 88 valence electrons. The molecule has 0 bridgehead atoms. The lowest BCUT2D eigenvalue weighted by Gasteiger charge is -1.99. The molecule has 0 amide bonds. The van der Waals surface area contributed by atoms with Crippen molar-refractivity contribution in [1.29, 1.82) is 0 Å². The number of carbonyl (C=O) groups excluding carboxylic acids is 1. The zero-order valence-electron chi connectivity index (χ0n) is 10.5. The molecule has 0 N–H and O–H groups in total. The van der Waals surface area contributed by atoms with E-state index < -0.39 is 0 Å². The second-order valence-electron chi connectivity index (χ2n) is 4.06. The van der Waals surface area contributed by atoms with Crippen LogP contribution in [0, 0.1) is 0 Å². The van der Waals surface area contributed by atoms with Crippen LogP contribution >= 0.6 is 0 Å². The number of aldehydes is 1. The largest absolute Gasteiger partial charge is 0.298 e. The Balaban J connectivity index is 3.83. The van der Waals surface area contributed by atoms with Crippen LogP contribution in [-0.2, 0) is 4.79 Å². The van der Waals surface area contributed by atoms with Gasteiger partial charge in [-0.15, -0.1) is 0 Å². The van der Waals surface area contributed by atoms with Crippen molar-refractivity contribution in [2.24, 2.45) is 0 Å². The quantitative estimate of drug-likeness (QED) is 0.256. The average molecular weight is 218 g/mol. The van der Waals surface area contributed by atoms with Crippen LogP contribution in [0.2, 0.25) is 0 Å². The molecule has 0 aliphatic rings. The lowest BCUT2D eigenvalue weighted by Crippen LogP contribution is -1.81. The molecule has 0 aliphatic carbocycles. The van der Waals surface area contributed by atoms with Crippen LogP contribution < -0.4 is 0 Å². The topological polar surface area (TPSA) is 17.1 Å². The van der Waals surface area contributed by atoms with Crippen LogP contribution in [0.1, 0.15) is 39.5 Å². The molecule has 0 rings (SSSR count). The maximum Gasteiger partial charge on any atom is 0.145 e. The smallest absolute Gasteiger partial charge is 0.145 e. The zero-order chi connectivity index (χ0) is 12.4. The second-order valence-corrected chi connectivity index (χ2v) is 4.06. The summed E-state index contributed by atoms with van der Waals surface area (Å²) >= 11 is 0. The van der Waals surface area contributed by atoms with Crippen molar-refractivity contribution < 1.29 is 4.79 Å². The van der Waals surface area contributed by atoms with E-state index >= 15 is 0 Å². The molecule has 0 aromatic carbocycles. The van der Waals surface area contributed by atoms with Crippen LogP contribution in [-0.4, -0.2) is 6.29 Å². The number of allylic oxidation sites excluding steroid dienone is 6. The summed E-state index contributed by atoms with van der Waals surface area (Å²) in [6, 6.07) is 0. The molecule has 0 fully saturated rings. The van der Waals surface area contributed by atoms with E-state index in [1.807, 2.05) is 13.0 Å². The minimum Gasteiger partial charge on any atom is -0.298 e. The van der Waals surface area contributed by atoms with Gasteiger partial charge < -0.3 is 0 Å². The van der Waals surface area contributed by atoms with Gasteiger partial charge in [0.2, 0.25) is 0 Å². The lowest BCUT2D eigenvalue weighted by molar-refractivity contribution is -0.104. The van der Waals surface area contributed by atoms with E-state index in [0.29, 0.717) is 0 Å². The Labute approximate surface area is 99.3 Å². The zero-order valence-corrected chi connectivity index (χ0v) is 10.5. The minimum atomic E-state index is 0.813. The average Bonchev–Trinajstić information content (AvgIpc) is 2.28. The summed E-state index contributed by atoms with van der Waals surface area (Å²) in [4.78, 5) is 10.4. The Hall–Kier alpha value is -1.37. The summed E-state index contributed by atoms with van der Waals surface area (Å²) in [7, 11) is 0. The Morgan fingerprint density at radius 2 is 1.75 bits per heavy atom. The SMILES string of the molecule is C=CC(=C)CCC=C(C)CCC=C(C)C=O. The van der Waals surface area contributed by atoms with Crippen molar-refractivity contribution in [3.63, 3.8) is 0 Å². The number of rotatable bonds is 8. The maximum atomic E-state index is 10.4.